The third kappa shape index (κ3) is 5.85. The van der Waals surface area contributed by atoms with E-state index in [0.29, 0.717) is 23.5 Å². The quantitative estimate of drug-likeness (QED) is 0.402. The summed E-state index contributed by atoms with van der Waals surface area (Å²) >= 11 is 0.947. The zero-order valence-corrected chi connectivity index (χ0v) is 20.6. The Morgan fingerprint density at radius 2 is 1.74 bits per heavy atom. The highest BCUT2D eigenvalue weighted by Gasteiger charge is 2.28. The molecule has 9 heteroatoms. The van der Waals surface area contributed by atoms with E-state index in [9.17, 15) is 14.4 Å². The summed E-state index contributed by atoms with van der Waals surface area (Å²) in [5, 5.41) is 2.85. The molecule has 8 nitrogen and oxygen atoms in total. The molecule has 0 saturated carbocycles. The molecule has 1 aromatic carbocycles. The zero-order valence-electron chi connectivity index (χ0n) is 19.8. The minimum atomic E-state index is -0.622. The summed E-state index contributed by atoms with van der Waals surface area (Å²) in [6.45, 7) is 7.82. The molecule has 0 fully saturated rings. The van der Waals surface area contributed by atoms with Crippen LogP contribution in [-0.4, -0.2) is 31.6 Å². The Morgan fingerprint density at radius 3 is 2.38 bits per heavy atom. The number of rotatable bonds is 9. The number of hydrogen-bond acceptors (Lipinski definition) is 8. The van der Waals surface area contributed by atoms with Crippen LogP contribution in [-0.2, 0) is 16.1 Å². The second kappa shape index (κ2) is 11.0. The number of methoxy groups -OCH3 is 1. The molecule has 3 rings (SSSR count). The lowest BCUT2D eigenvalue weighted by Gasteiger charge is -2.07. The number of ether oxygens (including phenoxy) is 3. The highest BCUT2D eigenvalue weighted by Crippen LogP contribution is 2.34. The molecule has 2 heterocycles. The van der Waals surface area contributed by atoms with Crippen LogP contribution in [0.5, 0.6) is 5.75 Å². The van der Waals surface area contributed by atoms with Crippen LogP contribution in [0.2, 0.25) is 0 Å². The number of amides is 1. The molecule has 0 bridgehead atoms. The predicted molar refractivity (Wildman–Crippen MR) is 128 cm³/mol. The van der Waals surface area contributed by atoms with E-state index in [4.69, 9.17) is 18.6 Å². The molecule has 3 aromatic rings. The van der Waals surface area contributed by atoms with Crippen molar-refractivity contribution in [2.45, 2.75) is 40.7 Å². The van der Waals surface area contributed by atoms with Crippen LogP contribution in [0.15, 0.2) is 34.7 Å². The van der Waals surface area contributed by atoms with Crippen molar-refractivity contribution in [3.05, 3.63) is 69.0 Å². The monoisotopic (exact) mass is 485 g/mol. The average Bonchev–Trinajstić information content (AvgIpc) is 3.39. The second-order valence-corrected chi connectivity index (χ2v) is 8.74. The Hall–Kier alpha value is -3.59. The number of thiophene rings is 1. The first-order valence-electron chi connectivity index (χ1n) is 10.7. The minimum Gasteiger partial charge on any atom is -0.486 e. The van der Waals surface area contributed by atoms with Gasteiger partial charge in [-0.15, -0.1) is 11.3 Å². The van der Waals surface area contributed by atoms with E-state index in [-0.39, 0.29) is 34.4 Å². The normalized spacial score (nSPS) is 10.6. The van der Waals surface area contributed by atoms with Gasteiger partial charge in [-0.05, 0) is 68.1 Å². The van der Waals surface area contributed by atoms with Crippen molar-refractivity contribution in [2.75, 3.05) is 19.0 Å². The maximum absolute atomic E-state index is 12.8. The Kier molecular flexibility index (Phi) is 8.12. The number of furan rings is 1. The van der Waals surface area contributed by atoms with Crippen LogP contribution in [0, 0.1) is 20.8 Å². The zero-order chi connectivity index (χ0) is 24.8. The highest BCUT2D eigenvalue weighted by atomic mass is 32.1. The highest BCUT2D eigenvalue weighted by molar-refractivity contribution is 7.18. The number of carbonyl (C=O) groups excluding carboxylic acids is 3. The van der Waals surface area contributed by atoms with Gasteiger partial charge in [0.1, 0.15) is 28.0 Å². The van der Waals surface area contributed by atoms with Crippen LogP contribution in [0.25, 0.3) is 0 Å². The van der Waals surface area contributed by atoms with Gasteiger partial charge in [-0.2, -0.15) is 0 Å². The van der Waals surface area contributed by atoms with Crippen molar-refractivity contribution >= 4 is 34.2 Å². The molecule has 0 radical (unpaired) electrons. The lowest BCUT2D eigenvalue weighted by molar-refractivity contribution is 0.0506. The van der Waals surface area contributed by atoms with E-state index in [1.165, 1.54) is 13.2 Å². The van der Waals surface area contributed by atoms with Crippen LogP contribution >= 0.6 is 11.3 Å². The van der Waals surface area contributed by atoms with Gasteiger partial charge in [0.15, 0.2) is 5.76 Å². The summed E-state index contributed by atoms with van der Waals surface area (Å²) in [5.41, 5.74) is 2.67. The molecular weight excluding hydrogens is 458 g/mol. The van der Waals surface area contributed by atoms with Crippen LogP contribution < -0.4 is 10.1 Å². The molecule has 0 atom stereocenters. The molecule has 34 heavy (non-hydrogen) atoms. The third-order valence-corrected chi connectivity index (χ3v) is 6.04. The fraction of sp³-hybridized carbons (Fsp3) is 0.320. The predicted octanol–water partition coefficient (Wildman–Crippen LogP) is 5.45. The van der Waals surface area contributed by atoms with Gasteiger partial charge < -0.3 is 23.9 Å². The van der Waals surface area contributed by atoms with Gasteiger partial charge in [-0.25, -0.2) is 9.59 Å². The SMILES string of the molecule is CCCOC(=O)c1c(NC(=O)c2ccc(COc3cc(C)cc(C)c3)o2)sc(C(=O)OC)c1C. The maximum atomic E-state index is 12.8. The number of aryl methyl sites for hydroxylation is 2. The topological polar surface area (TPSA) is 104 Å². The van der Waals surface area contributed by atoms with Gasteiger partial charge in [-0.3, -0.25) is 4.79 Å². The van der Waals surface area contributed by atoms with E-state index in [2.05, 4.69) is 5.32 Å². The molecule has 0 unspecified atom stereocenters. The van der Waals surface area contributed by atoms with E-state index >= 15 is 0 Å². The van der Waals surface area contributed by atoms with Gasteiger partial charge in [0.25, 0.3) is 5.91 Å². The maximum Gasteiger partial charge on any atom is 0.348 e. The van der Waals surface area contributed by atoms with Gasteiger partial charge in [0.05, 0.1) is 19.3 Å². The third-order valence-electron chi connectivity index (χ3n) is 4.85. The lowest BCUT2D eigenvalue weighted by atomic mass is 10.1. The summed E-state index contributed by atoms with van der Waals surface area (Å²) in [6.07, 6.45) is 0.639. The molecule has 2 aromatic heterocycles. The Bertz CT molecular complexity index is 1190. The van der Waals surface area contributed by atoms with Crippen molar-refractivity contribution in [1.82, 2.24) is 0 Å². The van der Waals surface area contributed by atoms with Crippen molar-refractivity contribution in [1.29, 1.82) is 0 Å². The summed E-state index contributed by atoms with van der Waals surface area (Å²) in [4.78, 5) is 37.8. The van der Waals surface area contributed by atoms with Crippen LogP contribution in [0.4, 0.5) is 5.00 Å². The molecule has 0 aliphatic carbocycles. The summed E-state index contributed by atoms with van der Waals surface area (Å²) in [7, 11) is 1.25. The summed E-state index contributed by atoms with van der Waals surface area (Å²) in [6, 6.07) is 9.05. The van der Waals surface area contributed by atoms with E-state index in [1.54, 1.807) is 13.0 Å². The fourth-order valence-electron chi connectivity index (χ4n) is 3.31. The number of hydrogen-bond donors (Lipinski definition) is 1. The molecule has 1 amide bonds. The molecule has 1 N–H and O–H groups in total. The number of esters is 2. The van der Waals surface area contributed by atoms with Crippen molar-refractivity contribution in [3.8, 4) is 5.75 Å². The molecule has 180 valence electrons. The first-order valence-corrected chi connectivity index (χ1v) is 11.5. The minimum absolute atomic E-state index is 0.0394. The first-order chi connectivity index (χ1) is 16.2. The number of anilines is 1. The first kappa shape index (κ1) is 25.0. The van der Waals surface area contributed by atoms with E-state index in [0.717, 1.165) is 22.5 Å². The van der Waals surface area contributed by atoms with Crippen LogP contribution in [0.1, 0.15) is 66.4 Å². The Labute approximate surface area is 201 Å². The number of benzene rings is 1. The van der Waals surface area contributed by atoms with Crippen molar-refractivity contribution in [3.63, 3.8) is 0 Å². The fourth-order valence-corrected chi connectivity index (χ4v) is 4.42. The molecular formula is C25H27NO7S. The van der Waals surface area contributed by atoms with Gasteiger partial charge >= 0.3 is 11.9 Å². The summed E-state index contributed by atoms with van der Waals surface area (Å²) in [5.74, 6) is -0.583. The number of carbonyl (C=O) groups is 3. The van der Waals surface area contributed by atoms with Gasteiger partial charge in [0.2, 0.25) is 0 Å². The van der Waals surface area contributed by atoms with Gasteiger partial charge in [0, 0.05) is 0 Å². The van der Waals surface area contributed by atoms with Crippen molar-refractivity contribution in [2.24, 2.45) is 0 Å². The molecule has 0 aliphatic rings. The standard InChI is InChI=1S/C25H27NO7S/c1-6-9-31-24(28)20-16(4)21(25(29)30-5)34-23(20)26-22(27)19-8-7-17(33-19)13-32-18-11-14(2)10-15(3)12-18/h7-8,10-12H,6,9,13H2,1-5H3,(H,26,27). The Morgan fingerprint density at radius 1 is 1.03 bits per heavy atom. The molecule has 0 spiro atoms. The molecule has 0 saturated heterocycles. The average molecular weight is 486 g/mol. The van der Waals surface area contributed by atoms with E-state index < -0.39 is 17.8 Å². The molecule has 0 aliphatic heterocycles. The van der Waals surface area contributed by atoms with Crippen molar-refractivity contribution < 1.29 is 33.0 Å². The Balaban J connectivity index is 1.76. The largest absolute Gasteiger partial charge is 0.486 e. The number of nitrogens with one attached hydrogen (secondary N) is 1. The van der Waals surface area contributed by atoms with Crippen LogP contribution in [0.3, 0.4) is 0 Å². The lowest BCUT2D eigenvalue weighted by Crippen LogP contribution is -2.14. The smallest absolute Gasteiger partial charge is 0.348 e. The second-order valence-electron chi connectivity index (χ2n) is 7.72. The van der Waals surface area contributed by atoms with Gasteiger partial charge in [-0.1, -0.05) is 13.0 Å². The summed E-state index contributed by atoms with van der Waals surface area (Å²) < 4.78 is 21.4. The van der Waals surface area contributed by atoms with E-state index in [1.807, 2.05) is 39.0 Å².